The molecule has 2 aromatic carbocycles. The first-order chi connectivity index (χ1) is 15.3. The molecule has 1 unspecified atom stereocenters. The standard InChI is InChI=1S/C27H40N2O2S/c1-21-26(31-19-16-29(21)24-10-12-25(13-11-24)32(4)5)20-27(2,3)22-6-8-23(9-7-22)28-14-17-30-18-15-28/h6-13,21,26,32H,14-20H2,1-5H3/t21-,26?/m1/s1. The van der Waals surface area contributed by atoms with E-state index in [0.29, 0.717) is 6.04 Å². The molecule has 2 saturated heterocycles. The molecule has 0 N–H and O–H groups in total. The van der Waals surface area contributed by atoms with Crippen molar-refractivity contribution in [3.8, 4) is 0 Å². The van der Waals surface area contributed by atoms with Crippen molar-refractivity contribution in [3.63, 3.8) is 0 Å². The minimum atomic E-state index is -0.0490. The van der Waals surface area contributed by atoms with E-state index in [9.17, 15) is 0 Å². The maximum atomic E-state index is 6.32. The van der Waals surface area contributed by atoms with Crippen molar-refractivity contribution < 1.29 is 9.47 Å². The predicted octanol–water partition coefficient (Wildman–Crippen LogP) is 5.10. The summed E-state index contributed by atoms with van der Waals surface area (Å²) in [6.45, 7) is 12.4. The number of thiol groups is 1. The first-order valence-electron chi connectivity index (χ1n) is 11.9. The fourth-order valence-electron chi connectivity index (χ4n) is 4.95. The van der Waals surface area contributed by atoms with Crippen LogP contribution in [0.4, 0.5) is 11.4 Å². The first-order valence-corrected chi connectivity index (χ1v) is 14.2. The molecule has 0 aromatic heterocycles. The van der Waals surface area contributed by atoms with E-state index in [1.165, 1.54) is 21.8 Å². The minimum absolute atomic E-state index is 0.0490. The number of hydrogen-bond donors (Lipinski definition) is 1. The van der Waals surface area contributed by atoms with Crippen LogP contribution in [0.25, 0.3) is 0 Å². The van der Waals surface area contributed by atoms with E-state index in [4.69, 9.17) is 9.47 Å². The van der Waals surface area contributed by atoms with Gasteiger partial charge in [-0.05, 0) is 78.1 Å². The molecule has 2 aliphatic rings. The van der Waals surface area contributed by atoms with Gasteiger partial charge in [0.15, 0.2) is 0 Å². The molecule has 32 heavy (non-hydrogen) atoms. The van der Waals surface area contributed by atoms with Crippen LogP contribution in [0, 0.1) is 0 Å². The van der Waals surface area contributed by atoms with Crippen molar-refractivity contribution >= 4 is 22.3 Å². The maximum Gasteiger partial charge on any atom is 0.0784 e. The molecule has 2 aromatic rings. The van der Waals surface area contributed by atoms with E-state index in [1.54, 1.807) is 0 Å². The molecular formula is C27H40N2O2S. The smallest absolute Gasteiger partial charge is 0.0784 e. The minimum Gasteiger partial charge on any atom is -0.378 e. The molecule has 0 spiro atoms. The number of morpholine rings is 2. The molecule has 5 heteroatoms. The van der Waals surface area contributed by atoms with E-state index in [1.807, 2.05) is 0 Å². The van der Waals surface area contributed by atoms with Gasteiger partial charge in [0.05, 0.1) is 32.0 Å². The summed E-state index contributed by atoms with van der Waals surface area (Å²) in [5.74, 6) is 0. The van der Waals surface area contributed by atoms with Gasteiger partial charge in [-0.1, -0.05) is 26.0 Å². The molecule has 0 radical (unpaired) electrons. The Labute approximate surface area is 197 Å². The number of rotatable bonds is 6. The van der Waals surface area contributed by atoms with Crippen LogP contribution >= 0.6 is 10.9 Å². The second kappa shape index (κ2) is 10.1. The summed E-state index contributed by atoms with van der Waals surface area (Å²) in [4.78, 5) is 6.40. The highest BCUT2D eigenvalue weighted by Crippen LogP contribution is 2.35. The molecule has 176 valence electrons. The molecule has 4 rings (SSSR count). The Balaban J connectivity index is 1.43. The fraction of sp³-hybridized carbons (Fsp3) is 0.556. The summed E-state index contributed by atoms with van der Waals surface area (Å²) < 4.78 is 11.8. The first kappa shape index (κ1) is 23.5. The molecule has 2 fully saturated rings. The monoisotopic (exact) mass is 456 g/mol. The van der Waals surface area contributed by atoms with Gasteiger partial charge in [-0.3, -0.25) is 0 Å². The zero-order chi connectivity index (χ0) is 22.7. The fourth-order valence-corrected chi connectivity index (χ4v) is 5.69. The number of benzene rings is 2. The second-order valence-corrected chi connectivity index (χ2v) is 12.3. The number of ether oxygens (including phenoxy) is 2. The SMILES string of the molecule is C[C@@H]1C(CC(C)(C)c2ccc(N3CCOCC3)cc2)OCCN1c1ccc([SH](C)C)cc1. The summed E-state index contributed by atoms with van der Waals surface area (Å²) in [7, 11) is -0.0490. The molecule has 2 aliphatic heterocycles. The highest BCUT2D eigenvalue weighted by molar-refractivity contribution is 8.15. The van der Waals surface area contributed by atoms with Crippen LogP contribution in [0.3, 0.4) is 0 Å². The Kier molecular flexibility index (Phi) is 7.38. The van der Waals surface area contributed by atoms with E-state index >= 15 is 0 Å². The van der Waals surface area contributed by atoms with Crippen molar-refractivity contribution in [1.82, 2.24) is 0 Å². The van der Waals surface area contributed by atoms with E-state index < -0.39 is 0 Å². The highest BCUT2D eigenvalue weighted by Gasteiger charge is 2.34. The quantitative estimate of drug-likeness (QED) is 0.611. The highest BCUT2D eigenvalue weighted by atomic mass is 32.2. The van der Waals surface area contributed by atoms with Gasteiger partial charge in [0.1, 0.15) is 0 Å². The number of anilines is 2. The van der Waals surface area contributed by atoms with Gasteiger partial charge in [0, 0.05) is 31.0 Å². The van der Waals surface area contributed by atoms with E-state index in [0.717, 1.165) is 45.9 Å². The lowest BCUT2D eigenvalue weighted by molar-refractivity contribution is -0.000611. The Morgan fingerprint density at radius 2 is 1.50 bits per heavy atom. The van der Waals surface area contributed by atoms with Crippen LogP contribution < -0.4 is 9.80 Å². The lowest BCUT2D eigenvalue weighted by Crippen LogP contribution is -2.51. The Morgan fingerprint density at radius 1 is 0.875 bits per heavy atom. The van der Waals surface area contributed by atoms with Crippen molar-refractivity contribution in [1.29, 1.82) is 0 Å². The summed E-state index contributed by atoms with van der Waals surface area (Å²) in [5.41, 5.74) is 4.05. The van der Waals surface area contributed by atoms with Gasteiger partial charge >= 0.3 is 0 Å². The Morgan fingerprint density at radius 3 is 2.12 bits per heavy atom. The van der Waals surface area contributed by atoms with Crippen LogP contribution in [-0.2, 0) is 14.9 Å². The van der Waals surface area contributed by atoms with Gasteiger partial charge in [-0.15, -0.1) is 0 Å². The van der Waals surface area contributed by atoms with Crippen LogP contribution in [0.2, 0.25) is 0 Å². The third-order valence-corrected chi connectivity index (χ3v) is 8.46. The molecule has 2 atom stereocenters. The largest absolute Gasteiger partial charge is 0.378 e. The second-order valence-electron chi connectivity index (χ2n) is 9.99. The molecule has 0 aliphatic carbocycles. The number of hydrogen-bond acceptors (Lipinski definition) is 4. The summed E-state index contributed by atoms with van der Waals surface area (Å²) in [6.07, 6.45) is 5.85. The third kappa shape index (κ3) is 5.27. The molecule has 0 bridgehead atoms. The molecule has 0 saturated carbocycles. The van der Waals surface area contributed by atoms with Crippen LogP contribution in [0.5, 0.6) is 0 Å². The normalized spacial score (nSPS) is 22.7. The average Bonchev–Trinajstić information content (AvgIpc) is 2.81. The van der Waals surface area contributed by atoms with E-state index in [2.05, 4.69) is 91.6 Å². The zero-order valence-corrected chi connectivity index (χ0v) is 21.3. The Bertz CT molecular complexity index is 860. The van der Waals surface area contributed by atoms with Crippen molar-refractivity contribution in [3.05, 3.63) is 54.1 Å². The summed E-state index contributed by atoms with van der Waals surface area (Å²) >= 11 is 0. The van der Waals surface area contributed by atoms with Crippen LogP contribution in [0.1, 0.15) is 32.8 Å². The Hall–Kier alpha value is -1.69. The average molecular weight is 457 g/mol. The molecular weight excluding hydrogens is 416 g/mol. The third-order valence-electron chi connectivity index (χ3n) is 7.13. The van der Waals surface area contributed by atoms with Gasteiger partial charge in [0.25, 0.3) is 0 Å². The van der Waals surface area contributed by atoms with Gasteiger partial charge in [-0.2, -0.15) is 0 Å². The van der Waals surface area contributed by atoms with Crippen molar-refractivity contribution in [2.45, 2.75) is 49.6 Å². The summed E-state index contributed by atoms with van der Waals surface area (Å²) in [5, 5.41) is 0. The topological polar surface area (TPSA) is 24.9 Å². The van der Waals surface area contributed by atoms with Gasteiger partial charge < -0.3 is 19.3 Å². The van der Waals surface area contributed by atoms with Gasteiger partial charge in [0.2, 0.25) is 0 Å². The predicted molar refractivity (Wildman–Crippen MR) is 139 cm³/mol. The van der Waals surface area contributed by atoms with E-state index in [-0.39, 0.29) is 22.4 Å². The number of nitrogens with zero attached hydrogens (tertiary/aromatic N) is 2. The summed E-state index contributed by atoms with van der Waals surface area (Å²) in [6, 6.07) is 18.7. The molecule has 2 heterocycles. The van der Waals surface area contributed by atoms with Crippen LogP contribution in [-0.4, -0.2) is 64.1 Å². The lowest BCUT2D eigenvalue weighted by atomic mass is 9.78. The molecule has 4 nitrogen and oxygen atoms in total. The van der Waals surface area contributed by atoms with Crippen molar-refractivity contribution in [2.24, 2.45) is 0 Å². The lowest BCUT2D eigenvalue weighted by Gasteiger charge is -2.43. The van der Waals surface area contributed by atoms with Crippen molar-refractivity contribution in [2.75, 3.05) is 61.8 Å². The zero-order valence-electron chi connectivity index (χ0n) is 20.4. The van der Waals surface area contributed by atoms with Gasteiger partial charge in [-0.25, -0.2) is 10.9 Å². The molecule has 0 amide bonds. The van der Waals surface area contributed by atoms with Crippen LogP contribution in [0.15, 0.2) is 53.4 Å². The maximum absolute atomic E-state index is 6.32.